The first kappa shape index (κ1) is 45.8. The molecule has 0 saturated carbocycles. The maximum Gasteiger partial charge on any atom is 0.409 e. The fourth-order valence-electron chi connectivity index (χ4n) is 7.08. The number of amides is 4. The van der Waals surface area contributed by atoms with Gasteiger partial charge in [-0.25, -0.2) is 9.59 Å². The molecule has 1 aromatic carbocycles. The van der Waals surface area contributed by atoms with Crippen molar-refractivity contribution < 1.29 is 43.3 Å². The third kappa shape index (κ3) is 10.1. The van der Waals surface area contributed by atoms with E-state index in [1.807, 2.05) is 51.1 Å². The van der Waals surface area contributed by atoms with Crippen molar-refractivity contribution in [3.05, 3.63) is 52.1 Å². The fraction of sp³-hybridized carbons (Fsp3) is 0.625. The molecule has 3 aliphatic heterocycles. The molecule has 0 spiro atoms. The molecule has 2 N–H and O–H groups in total. The summed E-state index contributed by atoms with van der Waals surface area (Å²) in [5, 5.41) is 14.7. The summed E-state index contributed by atoms with van der Waals surface area (Å²) in [5.74, 6) is -2.61. The normalized spacial score (nSPS) is 30.8. The standard InChI is InChI=1S/C39H55ClN4O9S.CH4/c1-21-12-11-13-23(3)39(50)20-29(51-37(49)41-39)24(4)34-38(7,53-34)30(19-32(46)44(10)28-18-27(16-21)17-22(2)33(28)40)52-36(48)26(6)43(9)35(47)25(5)42(8)31(45)14-15-54;/h11-13,17-18,23-26,29-30,34,50,54H,14-16,19-20H2,1-10H3,(H,41,49);1H4/b13-11+,21-12+;. The molecule has 13 nitrogen and oxygen atoms in total. The zero-order valence-corrected chi connectivity index (χ0v) is 34.5. The third-order valence-corrected chi connectivity index (χ3v) is 12.0. The summed E-state index contributed by atoms with van der Waals surface area (Å²) < 4.78 is 18.0. The number of likely N-dealkylation sites (N-methyl/N-ethyl adjacent to an activating group) is 2. The van der Waals surface area contributed by atoms with Gasteiger partial charge in [-0.2, -0.15) is 12.6 Å². The highest BCUT2D eigenvalue weighted by molar-refractivity contribution is 7.80. The predicted octanol–water partition coefficient (Wildman–Crippen LogP) is 5.24. The Morgan fingerprint density at radius 2 is 1.80 bits per heavy atom. The highest BCUT2D eigenvalue weighted by Crippen LogP contribution is 2.49. The zero-order chi connectivity index (χ0) is 40.4. The van der Waals surface area contributed by atoms with Crippen molar-refractivity contribution in [3.8, 4) is 0 Å². The van der Waals surface area contributed by atoms with E-state index in [1.54, 1.807) is 27.8 Å². The zero-order valence-electron chi connectivity index (χ0n) is 32.8. The summed E-state index contributed by atoms with van der Waals surface area (Å²) >= 11 is 10.9. The van der Waals surface area contributed by atoms with Crippen LogP contribution in [0.4, 0.5) is 10.5 Å². The van der Waals surface area contributed by atoms with Gasteiger partial charge >= 0.3 is 12.1 Å². The number of allylic oxidation sites excluding steroid dienone is 3. The lowest BCUT2D eigenvalue weighted by molar-refractivity contribution is -0.163. The van der Waals surface area contributed by atoms with Crippen LogP contribution in [0.2, 0.25) is 5.02 Å². The molecule has 15 heteroatoms. The van der Waals surface area contributed by atoms with E-state index in [1.165, 1.54) is 35.7 Å². The molecule has 4 bridgehead atoms. The number of esters is 1. The van der Waals surface area contributed by atoms with Crippen molar-refractivity contribution in [2.75, 3.05) is 31.8 Å². The first-order valence-corrected chi connectivity index (χ1v) is 19.3. The quantitative estimate of drug-likeness (QED) is 0.191. The number of carbonyl (C=O) groups is 5. The fourth-order valence-corrected chi connectivity index (χ4v) is 7.51. The SMILES string of the molecule is C.C/C1=C\C=C\C(C)C2(O)CC(OC(=O)N2)C(C)C2OC2(C)C(OC(=O)C(C)N(C)C(=O)C(C)N(C)C(=O)CCS)CC(=O)N(C)c2cc(cc(C)c2Cl)C1. The van der Waals surface area contributed by atoms with E-state index in [4.69, 9.17) is 25.8 Å². The molecule has 3 aliphatic rings. The molecule has 4 rings (SSSR count). The molecule has 0 aromatic heterocycles. The van der Waals surface area contributed by atoms with Crippen LogP contribution in [-0.4, -0.2) is 113 Å². The van der Waals surface area contributed by atoms with Gasteiger partial charge in [0.1, 0.15) is 35.6 Å². The van der Waals surface area contributed by atoms with E-state index in [0.717, 1.165) is 16.7 Å². The number of anilines is 1. The van der Waals surface area contributed by atoms with E-state index in [0.29, 0.717) is 22.9 Å². The molecule has 2 fully saturated rings. The lowest BCUT2D eigenvalue weighted by Gasteiger charge is -2.41. The van der Waals surface area contributed by atoms with Crippen LogP contribution in [0.3, 0.4) is 0 Å². The molecule has 0 radical (unpaired) electrons. The molecule has 4 amide bonds. The van der Waals surface area contributed by atoms with Gasteiger partial charge in [0.25, 0.3) is 0 Å². The molecule has 9 unspecified atom stereocenters. The van der Waals surface area contributed by atoms with Gasteiger partial charge in [0.2, 0.25) is 17.7 Å². The van der Waals surface area contributed by atoms with Gasteiger partial charge in [0, 0.05) is 45.8 Å². The Labute approximate surface area is 336 Å². The lowest BCUT2D eigenvalue weighted by Crippen LogP contribution is -2.60. The number of nitrogens with one attached hydrogen (secondary N) is 1. The highest BCUT2D eigenvalue weighted by atomic mass is 35.5. The van der Waals surface area contributed by atoms with Crippen molar-refractivity contribution in [3.63, 3.8) is 0 Å². The van der Waals surface area contributed by atoms with Crippen molar-refractivity contribution in [1.29, 1.82) is 0 Å². The summed E-state index contributed by atoms with van der Waals surface area (Å²) in [6, 6.07) is 1.85. The number of benzene rings is 1. The summed E-state index contributed by atoms with van der Waals surface area (Å²) in [7, 11) is 4.57. The second kappa shape index (κ2) is 18.1. The van der Waals surface area contributed by atoms with Crippen LogP contribution in [0.25, 0.3) is 0 Å². The first-order valence-electron chi connectivity index (χ1n) is 18.3. The van der Waals surface area contributed by atoms with Gasteiger partial charge < -0.3 is 34.0 Å². The number of aryl methyl sites for hydroxylation is 1. The number of alkyl carbamates (subject to hydrolysis) is 1. The van der Waals surface area contributed by atoms with Gasteiger partial charge in [-0.3, -0.25) is 19.7 Å². The second-order valence-electron chi connectivity index (χ2n) is 15.2. The predicted molar refractivity (Wildman–Crippen MR) is 215 cm³/mol. The van der Waals surface area contributed by atoms with E-state index in [-0.39, 0.29) is 32.6 Å². The molecule has 1 aromatic rings. The highest BCUT2D eigenvalue weighted by Gasteiger charge is 2.64. The smallest absolute Gasteiger partial charge is 0.409 e. The van der Waals surface area contributed by atoms with Crippen LogP contribution >= 0.6 is 24.2 Å². The minimum Gasteiger partial charge on any atom is -0.457 e. The molecule has 3 heterocycles. The summed E-state index contributed by atoms with van der Waals surface area (Å²) in [4.78, 5) is 70.6. The van der Waals surface area contributed by atoms with E-state index in [9.17, 15) is 29.1 Å². The van der Waals surface area contributed by atoms with Crippen LogP contribution in [0, 0.1) is 18.8 Å². The topological polar surface area (TPSA) is 158 Å². The number of thiol groups is 1. The van der Waals surface area contributed by atoms with Crippen LogP contribution in [0.5, 0.6) is 0 Å². The average molecular weight is 807 g/mol. The van der Waals surface area contributed by atoms with Gasteiger partial charge in [0.15, 0.2) is 0 Å². The van der Waals surface area contributed by atoms with Gasteiger partial charge in [0.05, 0.1) is 23.2 Å². The second-order valence-corrected chi connectivity index (χ2v) is 16.1. The summed E-state index contributed by atoms with van der Waals surface area (Å²) in [6.45, 7) is 12.3. The number of ether oxygens (including phenoxy) is 3. The number of epoxide rings is 1. The summed E-state index contributed by atoms with van der Waals surface area (Å²) in [6.07, 6.45) is 2.69. The molecule has 306 valence electrons. The molecule has 2 saturated heterocycles. The molecule has 0 aliphatic carbocycles. The number of hydrogen-bond donors (Lipinski definition) is 3. The van der Waals surface area contributed by atoms with Gasteiger partial charge in [-0.15, -0.1) is 0 Å². The average Bonchev–Trinajstić information content (AvgIpc) is 3.81. The van der Waals surface area contributed by atoms with Crippen molar-refractivity contribution in [2.24, 2.45) is 11.8 Å². The molecule has 55 heavy (non-hydrogen) atoms. The number of rotatable bonds is 7. The molecular weight excluding hydrogens is 748 g/mol. The maximum absolute atomic E-state index is 14.1. The number of nitrogens with zero attached hydrogens (tertiary/aromatic N) is 3. The number of fused-ring (bicyclic) bond motifs is 5. The Kier molecular flexibility index (Phi) is 15.1. The number of halogens is 1. The maximum atomic E-state index is 14.1. The number of hydrogen-bond acceptors (Lipinski definition) is 10. The van der Waals surface area contributed by atoms with E-state index < -0.39 is 77.4 Å². The first-order chi connectivity index (χ1) is 25.1. The van der Waals surface area contributed by atoms with Gasteiger partial charge in [-0.05, 0) is 64.0 Å². The summed E-state index contributed by atoms with van der Waals surface area (Å²) in [5.41, 5.74) is 0.352. The Morgan fingerprint density at radius 3 is 2.44 bits per heavy atom. The minimum absolute atomic E-state index is 0. The third-order valence-electron chi connectivity index (χ3n) is 11.3. The number of aliphatic hydroxyl groups is 1. The Hall–Kier alpha value is -3.59. The van der Waals surface area contributed by atoms with E-state index >= 15 is 0 Å². The minimum atomic E-state index is -1.62. The van der Waals surface area contributed by atoms with Crippen LogP contribution in [0.15, 0.2) is 35.9 Å². The number of carbonyl (C=O) groups excluding carboxylic acids is 5. The lowest BCUT2D eigenvalue weighted by atomic mass is 9.82. The van der Waals surface area contributed by atoms with Crippen molar-refractivity contribution in [2.45, 2.75) is 123 Å². The van der Waals surface area contributed by atoms with Crippen LogP contribution in [-0.2, 0) is 39.8 Å². The monoisotopic (exact) mass is 806 g/mol. The van der Waals surface area contributed by atoms with Crippen molar-refractivity contribution in [1.82, 2.24) is 15.1 Å². The Morgan fingerprint density at radius 1 is 1.15 bits per heavy atom. The molecule has 9 atom stereocenters. The molecular formula is C40H59ClN4O9S. The van der Waals surface area contributed by atoms with Crippen LogP contribution in [0.1, 0.15) is 79.4 Å². The Balaban J connectivity index is 0.00000812. The van der Waals surface area contributed by atoms with Gasteiger partial charge in [-0.1, -0.05) is 62.7 Å². The van der Waals surface area contributed by atoms with Crippen molar-refractivity contribution >= 4 is 59.7 Å². The van der Waals surface area contributed by atoms with Crippen LogP contribution < -0.4 is 10.2 Å². The largest absolute Gasteiger partial charge is 0.457 e. The van der Waals surface area contributed by atoms with E-state index in [2.05, 4.69) is 17.9 Å². The Bertz CT molecular complexity index is 1710.